The molecule has 3 aliphatic rings. The lowest BCUT2D eigenvalue weighted by Crippen LogP contribution is -2.58. The fourth-order valence-corrected chi connectivity index (χ4v) is 9.61. The van der Waals surface area contributed by atoms with Gasteiger partial charge in [0.2, 0.25) is 17.7 Å². The van der Waals surface area contributed by atoms with Crippen molar-refractivity contribution in [1.82, 2.24) is 14.7 Å². The van der Waals surface area contributed by atoms with Gasteiger partial charge in [-0.05, 0) is 38.5 Å². The largest absolute Gasteiger partial charge is 0.394 e. The number of carbonyl (C=O) groups excluding carboxylic acids is 3. The number of thioether (sulfide) groups is 1. The van der Waals surface area contributed by atoms with Gasteiger partial charge in [0.25, 0.3) is 0 Å². The van der Waals surface area contributed by atoms with Crippen LogP contribution in [0.25, 0.3) is 0 Å². The first-order chi connectivity index (χ1) is 18.6. The summed E-state index contributed by atoms with van der Waals surface area (Å²) < 4.78 is -1.09. The predicted octanol–water partition coefficient (Wildman–Crippen LogP) is 4.50. The number of hydrogen-bond donors (Lipinski definition) is 1. The van der Waals surface area contributed by atoms with E-state index in [4.69, 9.17) is 0 Å². The minimum atomic E-state index is -0.702. The standard InChI is InChI=1S/C31H51N3O4S/c1-8-13-14-20-33(19-11-4)29(38)26-31-16-15-30(7,39-31)24(27(36)32(17-9-2)18-10-3)25(31)28(37)34(26)23(21-35)22(6)12-5/h9,11,22-26,35H,2,4,8,10,12-21H2,1,3,5-7H3/t22-,23-,24-,25-,26?,30+,31?/m0/s1. The second kappa shape index (κ2) is 13.2. The molecule has 220 valence electrons. The highest BCUT2D eigenvalue weighted by Gasteiger charge is 2.78. The topological polar surface area (TPSA) is 81.2 Å². The predicted molar refractivity (Wildman–Crippen MR) is 159 cm³/mol. The lowest BCUT2D eigenvalue weighted by molar-refractivity contribution is -0.148. The zero-order valence-corrected chi connectivity index (χ0v) is 25.7. The summed E-state index contributed by atoms with van der Waals surface area (Å²) in [7, 11) is 0. The Morgan fingerprint density at radius 2 is 1.72 bits per heavy atom. The Morgan fingerprint density at radius 3 is 2.26 bits per heavy atom. The van der Waals surface area contributed by atoms with Crippen LogP contribution < -0.4 is 0 Å². The number of carbonyl (C=O) groups is 3. The first-order valence-corrected chi connectivity index (χ1v) is 15.9. The minimum Gasteiger partial charge on any atom is -0.394 e. The average Bonchev–Trinajstić information content (AvgIpc) is 3.48. The van der Waals surface area contributed by atoms with E-state index in [0.29, 0.717) is 32.6 Å². The van der Waals surface area contributed by atoms with Gasteiger partial charge in [-0.25, -0.2) is 0 Å². The van der Waals surface area contributed by atoms with Gasteiger partial charge in [0.1, 0.15) is 6.04 Å². The molecule has 0 saturated carbocycles. The summed E-state index contributed by atoms with van der Waals surface area (Å²) in [6, 6.07) is -1.17. The molecule has 0 aromatic rings. The minimum absolute atomic E-state index is 0.00490. The average molecular weight is 562 g/mol. The molecule has 0 radical (unpaired) electrons. The van der Waals surface area contributed by atoms with Crippen LogP contribution >= 0.6 is 11.8 Å². The van der Waals surface area contributed by atoms with E-state index in [1.54, 1.807) is 28.8 Å². The van der Waals surface area contributed by atoms with Gasteiger partial charge in [0.05, 0.1) is 29.2 Å². The molecule has 39 heavy (non-hydrogen) atoms. The molecule has 3 heterocycles. The second-order valence-corrected chi connectivity index (χ2v) is 13.9. The normalized spacial score (nSPS) is 30.7. The van der Waals surface area contributed by atoms with Crippen molar-refractivity contribution in [2.24, 2.45) is 17.8 Å². The van der Waals surface area contributed by atoms with Gasteiger partial charge in [0, 0.05) is 30.9 Å². The molecule has 3 rings (SSSR count). The van der Waals surface area contributed by atoms with E-state index in [-0.39, 0.29) is 30.2 Å². The van der Waals surface area contributed by atoms with Crippen LogP contribution in [-0.4, -0.2) is 91.9 Å². The number of fused-ring (bicyclic) bond motifs is 1. The molecule has 3 fully saturated rings. The molecule has 3 aliphatic heterocycles. The number of rotatable bonds is 16. The summed E-state index contributed by atoms with van der Waals surface area (Å²) in [4.78, 5) is 48.7. The fraction of sp³-hybridized carbons (Fsp3) is 0.774. The van der Waals surface area contributed by atoms with Crippen molar-refractivity contribution in [3.8, 4) is 0 Å². The number of aliphatic hydroxyl groups excluding tert-OH is 1. The van der Waals surface area contributed by atoms with Crippen molar-refractivity contribution in [3.63, 3.8) is 0 Å². The summed E-state index contributed by atoms with van der Waals surface area (Å²) in [6.07, 6.45) is 9.56. The van der Waals surface area contributed by atoms with Crippen molar-refractivity contribution in [2.45, 2.75) is 101 Å². The molecule has 1 spiro atoms. The molecule has 3 amide bonds. The van der Waals surface area contributed by atoms with Gasteiger partial charge < -0.3 is 19.8 Å². The molecule has 8 heteroatoms. The molecule has 0 aromatic carbocycles. The first kappa shape index (κ1) is 31.7. The Labute approximate surface area is 240 Å². The molecule has 0 aromatic heterocycles. The monoisotopic (exact) mass is 561 g/mol. The maximum absolute atomic E-state index is 14.6. The highest BCUT2D eigenvalue weighted by Crippen LogP contribution is 2.72. The zero-order chi connectivity index (χ0) is 29.0. The Balaban J connectivity index is 2.13. The molecule has 0 aliphatic carbocycles. The van der Waals surface area contributed by atoms with Crippen LogP contribution in [0.15, 0.2) is 25.3 Å². The van der Waals surface area contributed by atoms with Gasteiger partial charge in [0.15, 0.2) is 0 Å². The van der Waals surface area contributed by atoms with E-state index in [2.05, 4.69) is 27.0 Å². The molecule has 1 N–H and O–H groups in total. The van der Waals surface area contributed by atoms with Crippen molar-refractivity contribution in [3.05, 3.63) is 25.3 Å². The lowest BCUT2D eigenvalue weighted by Gasteiger charge is -2.41. The quantitative estimate of drug-likeness (QED) is 0.222. The number of hydrogen-bond acceptors (Lipinski definition) is 5. The van der Waals surface area contributed by atoms with Crippen LogP contribution in [-0.2, 0) is 14.4 Å². The Kier molecular flexibility index (Phi) is 10.8. The van der Waals surface area contributed by atoms with Crippen molar-refractivity contribution in [2.75, 3.05) is 32.8 Å². The Hall–Kier alpha value is -1.80. The summed E-state index contributed by atoms with van der Waals surface area (Å²) in [5.74, 6) is -1.27. The molecular formula is C31H51N3O4S. The summed E-state index contributed by atoms with van der Waals surface area (Å²) in [5, 5.41) is 10.6. The van der Waals surface area contributed by atoms with E-state index in [1.165, 1.54) is 0 Å². The SMILES string of the molecule is C=CCN(CCCCC)C(=O)C1N([C@@H](CO)[C@@H](C)CC)C(=O)[C@@H]2[C@@H](C(=O)N(CC=C)CCC)[C@@]3(C)CCC12S3. The van der Waals surface area contributed by atoms with E-state index in [9.17, 15) is 19.5 Å². The molecule has 3 saturated heterocycles. The molecule has 2 unspecified atom stereocenters. The Bertz CT molecular complexity index is 928. The maximum Gasteiger partial charge on any atom is 0.247 e. The van der Waals surface area contributed by atoms with E-state index in [0.717, 1.165) is 38.5 Å². The van der Waals surface area contributed by atoms with Crippen LogP contribution in [0.2, 0.25) is 0 Å². The van der Waals surface area contributed by atoms with E-state index < -0.39 is 33.4 Å². The van der Waals surface area contributed by atoms with E-state index in [1.807, 2.05) is 30.6 Å². The molecule has 2 bridgehead atoms. The van der Waals surface area contributed by atoms with E-state index >= 15 is 0 Å². The third-order valence-electron chi connectivity index (χ3n) is 9.41. The number of nitrogens with zero attached hydrogens (tertiary/aromatic N) is 3. The summed E-state index contributed by atoms with van der Waals surface area (Å²) >= 11 is 1.71. The first-order valence-electron chi connectivity index (χ1n) is 15.0. The van der Waals surface area contributed by atoms with Crippen LogP contribution in [0, 0.1) is 17.8 Å². The Morgan fingerprint density at radius 1 is 1.08 bits per heavy atom. The maximum atomic E-state index is 14.6. The molecule has 7 atom stereocenters. The van der Waals surface area contributed by atoms with Crippen molar-refractivity contribution < 1.29 is 19.5 Å². The fourth-order valence-electron chi connectivity index (χ4n) is 7.28. The second-order valence-electron chi connectivity index (χ2n) is 12.0. The third-order valence-corrected chi connectivity index (χ3v) is 11.4. The molecule has 7 nitrogen and oxygen atoms in total. The van der Waals surface area contributed by atoms with Gasteiger partial charge in [-0.2, -0.15) is 0 Å². The summed E-state index contributed by atoms with van der Waals surface area (Å²) in [6.45, 7) is 20.0. The number of aliphatic hydroxyl groups is 1. The van der Waals surface area contributed by atoms with Gasteiger partial charge >= 0.3 is 0 Å². The number of amides is 3. The number of unbranched alkanes of at least 4 members (excludes halogenated alkanes) is 2. The summed E-state index contributed by atoms with van der Waals surface area (Å²) in [5.41, 5.74) is 0. The zero-order valence-electron chi connectivity index (χ0n) is 24.9. The molecular weight excluding hydrogens is 510 g/mol. The van der Waals surface area contributed by atoms with Crippen LogP contribution in [0.5, 0.6) is 0 Å². The van der Waals surface area contributed by atoms with Gasteiger partial charge in [-0.15, -0.1) is 24.9 Å². The van der Waals surface area contributed by atoms with Crippen molar-refractivity contribution >= 4 is 29.5 Å². The lowest BCUT2D eigenvalue weighted by atomic mass is 9.66. The van der Waals surface area contributed by atoms with Crippen LogP contribution in [0.1, 0.15) is 79.6 Å². The van der Waals surface area contributed by atoms with Gasteiger partial charge in [-0.3, -0.25) is 14.4 Å². The third kappa shape index (κ3) is 5.57. The van der Waals surface area contributed by atoms with Crippen LogP contribution in [0.4, 0.5) is 0 Å². The van der Waals surface area contributed by atoms with Gasteiger partial charge in [-0.1, -0.05) is 59.1 Å². The smallest absolute Gasteiger partial charge is 0.247 e. The van der Waals surface area contributed by atoms with Crippen molar-refractivity contribution in [1.29, 1.82) is 0 Å². The highest BCUT2D eigenvalue weighted by atomic mass is 32.2. The number of likely N-dealkylation sites (tertiary alicyclic amines) is 1. The van der Waals surface area contributed by atoms with Crippen LogP contribution in [0.3, 0.4) is 0 Å². The highest BCUT2D eigenvalue weighted by molar-refractivity contribution is 8.02.